The van der Waals surface area contributed by atoms with E-state index in [4.69, 9.17) is 39.4 Å². The Bertz CT molecular complexity index is 2200. The number of hydrogen-bond donors (Lipinski definition) is 1. The van der Waals surface area contributed by atoms with Gasteiger partial charge in [-0.2, -0.15) is 0 Å². The van der Waals surface area contributed by atoms with E-state index in [1.165, 1.54) is 10.8 Å². The van der Waals surface area contributed by atoms with Gasteiger partial charge in [0.05, 0.1) is 27.4 Å². The number of aromatic amines is 1. The summed E-state index contributed by atoms with van der Waals surface area (Å²) < 4.78 is 48.7. The van der Waals surface area contributed by atoms with Crippen LogP contribution < -0.4 is 20.7 Å². The third-order valence-electron chi connectivity index (χ3n) is 10.8. The number of nitrogens with zero attached hydrogens (tertiary/aromatic N) is 2. The van der Waals surface area contributed by atoms with E-state index in [-0.39, 0.29) is 37.9 Å². The molecule has 0 amide bonds. The molecule has 320 valence electrons. The number of terminal acetylenes is 1. The molecule has 3 aromatic carbocycles. The molecule has 2 fully saturated rings. The first-order valence-corrected chi connectivity index (χ1v) is 21.5. The van der Waals surface area contributed by atoms with Crippen molar-refractivity contribution in [1.82, 2.24) is 14.2 Å². The molecule has 14 heteroatoms. The quantitative estimate of drug-likeness (QED) is 0.0496. The molecule has 0 aliphatic carbocycles. The Morgan fingerprint density at radius 1 is 0.950 bits per heavy atom. The summed E-state index contributed by atoms with van der Waals surface area (Å²) in [5.74, 6) is 3.48. The maximum absolute atomic E-state index is 13.8. The van der Waals surface area contributed by atoms with Gasteiger partial charge in [-0.25, -0.2) is 4.79 Å². The number of carbonyl (C=O) groups is 1. The fourth-order valence-electron chi connectivity index (χ4n) is 8.10. The minimum Gasteiger partial charge on any atom is -0.497 e. The smallest absolute Gasteiger partial charge is 0.330 e. The SMILES string of the molecule is C#CCC(C)(C)OC(=O)CP(O[C@@H]1C2OC[C@]1(COC(c1ccccc1)(c1ccc(OC)cc1)c1ccc(OC)cc1)O[C@H]2n1cc(C)c(=O)[nH]c1=O)N(C(C)C)C(C)C. The number of benzene rings is 3. The second-order valence-corrected chi connectivity index (χ2v) is 18.0. The van der Waals surface area contributed by atoms with Gasteiger partial charge in [-0.3, -0.25) is 23.8 Å². The lowest BCUT2D eigenvalue weighted by Crippen LogP contribution is -2.49. The Kier molecular flexibility index (Phi) is 13.8. The third-order valence-corrected chi connectivity index (χ3v) is 13.3. The van der Waals surface area contributed by atoms with Gasteiger partial charge >= 0.3 is 11.7 Å². The van der Waals surface area contributed by atoms with E-state index in [0.717, 1.165) is 16.7 Å². The molecule has 6 rings (SSSR count). The van der Waals surface area contributed by atoms with Crippen molar-refractivity contribution in [1.29, 1.82) is 0 Å². The number of rotatable bonds is 18. The highest BCUT2D eigenvalue weighted by atomic mass is 31.2. The summed E-state index contributed by atoms with van der Waals surface area (Å²) in [5.41, 5.74) is -1.87. The Morgan fingerprint density at radius 3 is 2.05 bits per heavy atom. The highest BCUT2D eigenvalue weighted by Gasteiger charge is 2.65. The van der Waals surface area contributed by atoms with Crippen molar-refractivity contribution >= 4 is 14.3 Å². The maximum Gasteiger partial charge on any atom is 0.330 e. The number of esters is 1. The van der Waals surface area contributed by atoms with Crippen LogP contribution in [-0.2, 0) is 33.9 Å². The van der Waals surface area contributed by atoms with Gasteiger partial charge in [0.1, 0.15) is 55.0 Å². The largest absolute Gasteiger partial charge is 0.497 e. The molecule has 0 spiro atoms. The van der Waals surface area contributed by atoms with Crippen LogP contribution in [0.5, 0.6) is 11.5 Å². The highest BCUT2D eigenvalue weighted by molar-refractivity contribution is 7.51. The molecule has 2 saturated heterocycles. The van der Waals surface area contributed by atoms with Crippen LogP contribution in [-0.4, -0.2) is 89.3 Å². The number of hydrogen-bond acceptors (Lipinski definition) is 11. The first kappa shape index (κ1) is 44.7. The van der Waals surface area contributed by atoms with Crippen LogP contribution in [0.15, 0.2) is 94.6 Å². The van der Waals surface area contributed by atoms with Crippen LogP contribution in [0.1, 0.15) is 76.4 Å². The Hall–Kier alpha value is -4.80. The van der Waals surface area contributed by atoms with Gasteiger partial charge in [-0.15, -0.1) is 12.3 Å². The molecule has 4 aromatic rings. The number of aromatic nitrogens is 2. The van der Waals surface area contributed by atoms with E-state index in [2.05, 4.69) is 15.6 Å². The zero-order valence-corrected chi connectivity index (χ0v) is 36.7. The molecule has 2 aliphatic heterocycles. The lowest BCUT2D eigenvalue weighted by Gasteiger charge is -2.42. The number of H-pyrrole nitrogens is 1. The molecule has 5 atom stereocenters. The molecule has 2 bridgehead atoms. The molecular weight excluding hydrogens is 785 g/mol. The van der Waals surface area contributed by atoms with Gasteiger partial charge in [0.2, 0.25) is 0 Å². The van der Waals surface area contributed by atoms with Crippen molar-refractivity contribution in [3.63, 3.8) is 0 Å². The van der Waals surface area contributed by atoms with Crippen LogP contribution in [0, 0.1) is 19.3 Å². The van der Waals surface area contributed by atoms with Crippen LogP contribution >= 0.6 is 8.30 Å². The first-order valence-electron chi connectivity index (χ1n) is 20.1. The van der Waals surface area contributed by atoms with Crippen molar-refractivity contribution in [3.8, 4) is 23.8 Å². The summed E-state index contributed by atoms with van der Waals surface area (Å²) in [4.78, 5) is 42.2. The maximum atomic E-state index is 13.8. The number of carbonyl (C=O) groups excluding carboxylic acids is 1. The number of aryl methyl sites for hydroxylation is 1. The standard InChI is InChI=1S/C46H56N3O10P/c1-11-25-44(7,8)57-38(50)27-60(49(30(2)3)31(4)5)59-40-39-42(48-26-32(6)41(51)47-43(48)52)58-45(40,28-55-39)29-56-46(33-15-13-12-14-16-33,34-17-21-36(53-9)22-18-34)35-19-23-37(54-10)24-20-35/h1,12-24,26,30-31,39-40,42H,25,27-29H2,2-10H3,(H,47,51,52)/t39?,40-,42-,45-,60?/m1/s1. The monoisotopic (exact) mass is 841 g/mol. The summed E-state index contributed by atoms with van der Waals surface area (Å²) in [6.07, 6.45) is 4.51. The van der Waals surface area contributed by atoms with E-state index in [9.17, 15) is 14.4 Å². The summed E-state index contributed by atoms with van der Waals surface area (Å²) >= 11 is 0. The Balaban J connectivity index is 1.49. The van der Waals surface area contributed by atoms with Crippen molar-refractivity contribution < 1.29 is 37.7 Å². The van der Waals surface area contributed by atoms with Gasteiger partial charge in [-0.05, 0) is 89.4 Å². The number of ether oxygens (including phenoxy) is 6. The highest BCUT2D eigenvalue weighted by Crippen LogP contribution is 2.55. The van der Waals surface area contributed by atoms with Crippen molar-refractivity contribution in [2.24, 2.45) is 0 Å². The van der Waals surface area contributed by atoms with E-state index in [1.807, 2.05) is 107 Å². The normalized spacial score (nSPS) is 20.7. The van der Waals surface area contributed by atoms with Gasteiger partial charge in [-0.1, -0.05) is 54.6 Å². The molecular formula is C46H56N3O10P. The first-order chi connectivity index (χ1) is 28.6. The average molecular weight is 842 g/mol. The number of methoxy groups -OCH3 is 2. The Morgan fingerprint density at radius 2 is 1.52 bits per heavy atom. The molecule has 13 nitrogen and oxygen atoms in total. The lowest BCUT2D eigenvalue weighted by atomic mass is 9.79. The van der Waals surface area contributed by atoms with Crippen LogP contribution in [0.3, 0.4) is 0 Å². The zero-order chi connectivity index (χ0) is 43.4. The van der Waals surface area contributed by atoms with Crippen LogP contribution in [0.2, 0.25) is 0 Å². The zero-order valence-electron chi connectivity index (χ0n) is 35.8. The summed E-state index contributed by atoms with van der Waals surface area (Å²) in [6, 6.07) is 25.2. The summed E-state index contributed by atoms with van der Waals surface area (Å²) in [7, 11) is 1.50. The minimum absolute atomic E-state index is 0.0353. The van der Waals surface area contributed by atoms with E-state index >= 15 is 0 Å². The number of nitrogens with one attached hydrogen (secondary N) is 1. The fraction of sp³-hybridized carbons (Fsp3) is 0.457. The lowest BCUT2D eigenvalue weighted by molar-refractivity contribution is -0.203. The minimum atomic E-state index is -1.73. The van der Waals surface area contributed by atoms with Crippen molar-refractivity contribution in [3.05, 3.63) is 128 Å². The van der Waals surface area contributed by atoms with Gasteiger partial charge in [0.25, 0.3) is 5.56 Å². The average Bonchev–Trinajstić information content (AvgIpc) is 3.70. The molecule has 2 unspecified atom stereocenters. The second kappa shape index (κ2) is 18.4. The summed E-state index contributed by atoms with van der Waals surface area (Å²) in [6.45, 7) is 13.3. The fourth-order valence-corrected chi connectivity index (χ4v) is 10.3. The Labute approximate surface area is 353 Å². The third kappa shape index (κ3) is 9.10. The van der Waals surface area contributed by atoms with Crippen molar-refractivity contribution in [2.75, 3.05) is 33.6 Å². The molecule has 2 aliphatic rings. The van der Waals surface area contributed by atoms with Crippen LogP contribution in [0.25, 0.3) is 0 Å². The molecule has 0 saturated carbocycles. The van der Waals surface area contributed by atoms with Gasteiger partial charge in [0.15, 0.2) is 6.23 Å². The van der Waals surface area contributed by atoms with E-state index in [0.29, 0.717) is 17.1 Å². The molecule has 60 heavy (non-hydrogen) atoms. The molecule has 1 N–H and O–H groups in total. The van der Waals surface area contributed by atoms with E-state index < -0.39 is 60.8 Å². The van der Waals surface area contributed by atoms with Crippen molar-refractivity contribution in [2.45, 2.75) is 102 Å². The topological polar surface area (TPSA) is 140 Å². The number of fused-ring (bicyclic) bond motifs is 2. The predicted octanol–water partition coefficient (Wildman–Crippen LogP) is 6.70. The molecule has 1 aromatic heterocycles. The van der Waals surface area contributed by atoms with E-state index in [1.54, 1.807) is 35.0 Å². The molecule has 3 heterocycles. The van der Waals surface area contributed by atoms with Gasteiger partial charge in [0, 0.05) is 30.3 Å². The summed E-state index contributed by atoms with van der Waals surface area (Å²) in [5, 5.41) is 0. The molecule has 0 radical (unpaired) electrons. The van der Waals surface area contributed by atoms with Gasteiger partial charge < -0.3 is 32.9 Å². The van der Waals surface area contributed by atoms with Crippen LogP contribution in [0.4, 0.5) is 0 Å². The second-order valence-electron chi connectivity index (χ2n) is 16.3. The predicted molar refractivity (Wildman–Crippen MR) is 229 cm³/mol.